The van der Waals surface area contributed by atoms with Crippen molar-refractivity contribution in [1.29, 1.82) is 0 Å². The van der Waals surface area contributed by atoms with E-state index in [1.165, 1.54) is 0 Å². The van der Waals surface area contributed by atoms with Gasteiger partial charge in [-0.2, -0.15) is 0 Å². The van der Waals surface area contributed by atoms with Gasteiger partial charge >= 0.3 is 0 Å². The van der Waals surface area contributed by atoms with Gasteiger partial charge in [0.2, 0.25) is 5.91 Å². The third-order valence-corrected chi connectivity index (χ3v) is 4.08. The van der Waals surface area contributed by atoms with Crippen molar-refractivity contribution >= 4 is 23.2 Å². The van der Waals surface area contributed by atoms with Gasteiger partial charge < -0.3 is 14.8 Å². The Bertz CT molecular complexity index is 678. The molecule has 2 aromatic carbocycles. The predicted molar refractivity (Wildman–Crippen MR) is 92.7 cm³/mol. The van der Waals surface area contributed by atoms with Gasteiger partial charge in [0.25, 0.3) is 0 Å². The van der Waals surface area contributed by atoms with Gasteiger partial charge in [0.15, 0.2) is 0 Å². The summed E-state index contributed by atoms with van der Waals surface area (Å²) in [6, 6.07) is 11.0. The van der Waals surface area contributed by atoms with E-state index in [-0.39, 0.29) is 5.91 Å². The molecule has 0 aromatic heterocycles. The lowest BCUT2D eigenvalue weighted by molar-refractivity contribution is -0.116. The van der Waals surface area contributed by atoms with Gasteiger partial charge in [-0.3, -0.25) is 4.79 Å². The molecule has 0 heterocycles. The number of benzene rings is 2. The average Bonchev–Trinajstić information content (AvgIpc) is 2.56. The van der Waals surface area contributed by atoms with Crippen LogP contribution in [0.4, 0.5) is 5.69 Å². The Labute approximate surface area is 141 Å². The van der Waals surface area contributed by atoms with Crippen LogP contribution in [0.2, 0.25) is 5.02 Å². The van der Waals surface area contributed by atoms with Crippen molar-refractivity contribution in [1.82, 2.24) is 0 Å². The maximum Gasteiger partial charge on any atom is 0.224 e. The van der Waals surface area contributed by atoms with Crippen molar-refractivity contribution in [2.24, 2.45) is 0 Å². The molecule has 5 heteroatoms. The highest BCUT2D eigenvalue weighted by atomic mass is 35.5. The van der Waals surface area contributed by atoms with Gasteiger partial charge in [0.1, 0.15) is 11.5 Å². The molecular weight excluding hydrogens is 314 g/mol. The number of methoxy groups -OCH3 is 2. The van der Waals surface area contributed by atoms with E-state index in [0.717, 1.165) is 28.3 Å². The number of rotatable bonds is 6. The second-order valence-electron chi connectivity index (χ2n) is 5.10. The standard InChI is InChI=1S/C18H20ClNO3/c1-12-14(19)6-4-7-15(12)20-18(21)11-10-13-16(22-2)8-5-9-17(13)23-3/h4-9H,10-11H2,1-3H3,(H,20,21). The van der Waals surface area contributed by atoms with Crippen molar-refractivity contribution in [2.75, 3.05) is 19.5 Å². The SMILES string of the molecule is COc1cccc(OC)c1CCC(=O)Nc1cccc(Cl)c1C. The van der Waals surface area contributed by atoms with E-state index in [1.54, 1.807) is 20.3 Å². The maximum absolute atomic E-state index is 12.2. The van der Waals surface area contributed by atoms with E-state index in [0.29, 0.717) is 17.9 Å². The summed E-state index contributed by atoms with van der Waals surface area (Å²) >= 11 is 6.07. The molecule has 1 N–H and O–H groups in total. The normalized spacial score (nSPS) is 10.3. The minimum absolute atomic E-state index is 0.0803. The van der Waals surface area contributed by atoms with Crippen molar-refractivity contribution < 1.29 is 14.3 Å². The zero-order chi connectivity index (χ0) is 16.8. The number of ether oxygens (including phenoxy) is 2. The van der Waals surface area contributed by atoms with Crippen LogP contribution in [0.5, 0.6) is 11.5 Å². The summed E-state index contributed by atoms with van der Waals surface area (Å²) in [5.74, 6) is 1.36. The molecule has 0 aliphatic rings. The van der Waals surface area contributed by atoms with Crippen LogP contribution in [0.15, 0.2) is 36.4 Å². The monoisotopic (exact) mass is 333 g/mol. The summed E-state index contributed by atoms with van der Waals surface area (Å²) in [6.07, 6.45) is 0.849. The fourth-order valence-electron chi connectivity index (χ4n) is 2.37. The first-order valence-corrected chi connectivity index (χ1v) is 7.69. The highest BCUT2D eigenvalue weighted by molar-refractivity contribution is 6.31. The Morgan fingerprint density at radius 3 is 2.30 bits per heavy atom. The molecule has 0 aliphatic carbocycles. The van der Waals surface area contributed by atoms with Gasteiger partial charge in [0.05, 0.1) is 14.2 Å². The molecule has 4 nitrogen and oxygen atoms in total. The van der Waals surface area contributed by atoms with Crippen molar-refractivity contribution in [2.45, 2.75) is 19.8 Å². The fourth-order valence-corrected chi connectivity index (χ4v) is 2.54. The summed E-state index contributed by atoms with van der Waals surface area (Å²) in [6.45, 7) is 1.88. The summed E-state index contributed by atoms with van der Waals surface area (Å²) in [7, 11) is 3.21. The quantitative estimate of drug-likeness (QED) is 0.860. The van der Waals surface area contributed by atoms with E-state index in [9.17, 15) is 4.79 Å². The van der Waals surface area contributed by atoms with Crippen LogP contribution in [0, 0.1) is 6.92 Å². The molecule has 23 heavy (non-hydrogen) atoms. The topological polar surface area (TPSA) is 47.6 Å². The number of hydrogen-bond donors (Lipinski definition) is 1. The first kappa shape index (κ1) is 17.2. The Morgan fingerprint density at radius 2 is 1.70 bits per heavy atom. The van der Waals surface area contributed by atoms with E-state index >= 15 is 0 Å². The molecule has 0 saturated heterocycles. The Morgan fingerprint density at radius 1 is 1.09 bits per heavy atom. The molecule has 0 atom stereocenters. The molecule has 0 radical (unpaired) electrons. The molecule has 2 rings (SSSR count). The lowest BCUT2D eigenvalue weighted by Gasteiger charge is -2.13. The van der Waals surface area contributed by atoms with Crippen LogP contribution >= 0.6 is 11.6 Å². The molecule has 122 valence electrons. The molecule has 0 fully saturated rings. The van der Waals surface area contributed by atoms with E-state index in [4.69, 9.17) is 21.1 Å². The largest absolute Gasteiger partial charge is 0.496 e. The third kappa shape index (κ3) is 4.17. The summed E-state index contributed by atoms with van der Waals surface area (Å²) < 4.78 is 10.7. The number of hydrogen-bond acceptors (Lipinski definition) is 3. The van der Waals surface area contributed by atoms with Gasteiger partial charge in [-0.1, -0.05) is 23.7 Å². The van der Waals surface area contributed by atoms with Crippen LogP contribution in [-0.4, -0.2) is 20.1 Å². The lowest BCUT2D eigenvalue weighted by Crippen LogP contribution is -2.13. The zero-order valence-electron chi connectivity index (χ0n) is 13.5. The van der Waals surface area contributed by atoms with E-state index in [2.05, 4.69) is 5.32 Å². The number of carbonyl (C=O) groups excluding carboxylic acids is 1. The average molecular weight is 334 g/mol. The Kier molecular flexibility index (Phi) is 5.88. The van der Waals surface area contributed by atoms with E-state index < -0.39 is 0 Å². The van der Waals surface area contributed by atoms with Crippen LogP contribution in [0.1, 0.15) is 17.5 Å². The summed E-state index contributed by atoms with van der Waals surface area (Å²) in [4.78, 5) is 12.2. The number of amides is 1. The van der Waals surface area contributed by atoms with Crippen LogP contribution < -0.4 is 14.8 Å². The third-order valence-electron chi connectivity index (χ3n) is 3.67. The first-order chi connectivity index (χ1) is 11.1. The second-order valence-corrected chi connectivity index (χ2v) is 5.51. The van der Waals surface area contributed by atoms with E-state index in [1.807, 2.05) is 37.3 Å². The summed E-state index contributed by atoms with van der Waals surface area (Å²) in [5.41, 5.74) is 2.47. The van der Waals surface area contributed by atoms with Crippen molar-refractivity contribution in [3.63, 3.8) is 0 Å². The zero-order valence-corrected chi connectivity index (χ0v) is 14.2. The molecule has 0 aliphatic heterocycles. The molecule has 0 spiro atoms. The van der Waals surface area contributed by atoms with Crippen LogP contribution in [-0.2, 0) is 11.2 Å². The number of carbonyl (C=O) groups is 1. The first-order valence-electron chi connectivity index (χ1n) is 7.31. The summed E-state index contributed by atoms with van der Waals surface area (Å²) in [5, 5.41) is 3.52. The highest BCUT2D eigenvalue weighted by Crippen LogP contribution is 2.29. The van der Waals surface area contributed by atoms with Gasteiger partial charge in [-0.15, -0.1) is 0 Å². The fraction of sp³-hybridized carbons (Fsp3) is 0.278. The van der Waals surface area contributed by atoms with Gasteiger partial charge in [-0.05, 0) is 43.2 Å². The van der Waals surface area contributed by atoms with Crippen molar-refractivity contribution in [3.05, 3.63) is 52.5 Å². The van der Waals surface area contributed by atoms with Crippen LogP contribution in [0.25, 0.3) is 0 Å². The molecule has 0 unspecified atom stereocenters. The number of nitrogens with one attached hydrogen (secondary N) is 1. The van der Waals surface area contributed by atoms with Gasteiger partial charge in [0, 0.05) is 22.7 Å². The smallest absolute Gasteiger partial charge is 0.224 e. The minimum atomic E-state index is -0.0803. The number of halogens is 1. The Balaban J connectivity index is 2.06. The molecular formula is C18H20ClNO3. The molecule has 0 bridgehead atoms. The second kappa shape index (κ2) is 7.88. The Hall–Kier alpha value is -2.20. The van der Waals surface area contributed by atoms with Gasteiger partial charge in [-0.25, -0.2) is 0 Å². The molecule has 0 saturated carbocycles. The van der Waals surface area contributed by atoms with Crippen molar-refractivity contribution in [3.8, 4) is 11.5 Å². The maximum atomic E-state index is 12.2. The molecule has 1 amide bonds. The highest BCUT2D eigenvalue weighted by Gasteiger charge is 2.13. The predicted octanol–water partition coefficient (Wildman–Crippen LogP) is 4.24. The van der Waals surface area contributed by atoms with Crippen LogP contribution in [0.3, 0.4) is 0 Å². The minimum Gasteiger partial charge on any atom is -0.496 e. The lowest BCUT2D eigenvalue weighted by atomic mass is 10.1. The molecule has 2 aromatic rings. The number of anilines is 1.